The summed E-state index contributed by atoms with van der Waals surface area (Å²) in [5.74, 6) is 1.68. The number of aryl methyl sites for hydroxylation is 2. The average molecular weight is 347 g/mol. The SMILES string of the molecule is COc1ccc(C2(CCc3cnc(C)[nH]3)C(=O)Nc3ccccc32)cc1. The minimum atomic E-state index is -0.720. The number of fused-ring (bicyclic) bond motifs is 1. The maximum atomic E-state index is 13.2. The molecule has 0 bridgehead atoms. The van der Waals surface area contributed by atoms with Gasteiger partial charge in [-0.2, -0.15) is 0 Å². The zero-order chi connectivity index (χ0) is 18.1. The van der Waals surface area contributed by atoms with Crippen LogP contribution in [0.25, 0.3) is 0 Å². The van der Waals surface area contributed by atoms with Gasteiger partial charge in [-0.1, -0.05) is 30.3 Å². The maximum Gasteiger partial charge on any atom is 0.239 e. The van der Waals surface area contributed by atoms with Crippen LogP contribution in [0.4, 0.5) is 5.69 Å². The lowest BCUT2D eigenvalue weighted by Gasteiger charge is -2.28. The minimum Gasteiger partial charge on any atom is -0.497 e. The van der Waals surface area contributed by atoms with Crippen LogP contribution in [0, 0.1) is 6.92 Å². The topological polar surface area (TPSA) is 67.0 Å². The molecule has 2 N–H and O–H groups in total. The molecule has 0 fully saturated rings. The van der Waals surface area contributed by atoms with E-state index in [1.165, 1.54) is 0 Å². The summed E-state index contributed by atoms with van der Waals surface area (Å²) in [5.41, 5.74) is 3.19. The van der Waals surface area contributed by atoms with Crippen molar-refractivity contribution in [1.29, 1.82) is 0 Å². The first-order valence-electron chi connectivity index (χ1n) is 8.69. The van der Waals surface area contributed by atoms with Gasteiger partial charge < -0.3 is 15.0 Å². The van der Waals surface area contributed by atoms with Crippen LogP contribution in [0.15, 0.2) is 54.7 Å². The maximum absolute atomic E-state index is 13.2. The number of nitrogens with one attached hydrogen (secondary N) is 2. The number of para-hydroxylation sites is 1. The number of hydrogen-bond donors (Lipinski definition) is 2. The van der Waals surface area contributed by atoms with E-state index >= 15 is 0 Å². The van der Waals surface area contributed by atoms with Crippen LogP contribution < -0.4 is 10.1 Å². The molecular formula is C21H21N3O2. The molecule has 0 spiro atoms. The fraction of sp³-hybridized carbons (Fsp3) is 0.238. The minimum absolute atomic E-state index is 0.0140. The molecular weight excluding hydrogens is 326 g/mol. The first-order valence-corrected chi connectivity index (χ1v) is 8.69. The number of benzene rings is 2. The molecule has 2 heterocycles. The molecule has 5 nitrogen and oxygen atoms in total. The molecule has 3 aromatic rings. The Hall–Kier alpha value is -3.08. The van der Waals surface area contributed by atoms with Crippen LogP contribution >= 0.6 is 0 Å². The molecule has 0 radical (unpaired) electrons. The smallest absolute Gasteiger partial charge is 0.239 e. The number of anilines is 1. The van der Waals surface area contributed by atoms with Gasteiger partial charge in [-0.05, 0) is 49.1 Å². The van der Waals surface area contributed by atoms with E-state index in [9.17, 15) is 4.79 Å². The molecule has 1 amide bonds. The van der Waals surface area contributed by atoms with Gasteiger partial charge in [0.05, 0.1) is 7.11 Å². The highest BCUT2D eigenvalue weighted by Crippen LogP contribution is 2.46. The highest BCUT2D eigenvalue weighted by molar-refractivity contribution is 6.08. The predicted octanol–water partition coefficient (Wildman–Crippen LogP) is 3.60. The van der Waals surface area contributed by atoms with Gasteiger partial charge in [-0.25, -0.2) is 4.98 Å². The van der Waals surface area contributed by atoms with Crippen LogP contribution in [-0.4, -0.2) is 23.0 Å². The van der Waals surface area contributed by atoms with Gasteiger partial charge in [0, 0.05) is 17.6 Å². The second kappa shape index (κ2) is 6.33. The molecule has 1 aliphatic rings. The van der Waals surface area contributed by atoms with Crippen LogP contribution in [0.5, 0.6) is 5.75 Å². The summed E-state index contributed by atoms with van der Waals surface area (Å²) in [6.45, 7) is 1.93. The number of nitrogens with zero attached hydrogens (tertiary/aromatic N) is 1. The first-order chi connectivity index (χ1) is 12.6. The summed E-state index contributed by atoms with van der Waals surface area (Å²) in [6, 6.07) is 15.7. The average Bonchev–Trinajstić information content (AvgIpc) is 3.21. The molecule has 0 saturated carbocycles. The number of carbonyl (C=O) groups is 1. The van der Waals surface area contributed by atoms with E-state index in [-0.39, 0.29) is 5.91 Å². The molecule has 1 aromatic heterocycles. The Balaban J connectivity index is 1.79. The lowest BCUT2D eigenvalue weighted by atomic mass is 9.72. The zero-order valence-corrected chi connectivity index (χ0v) is 14.9. The van der Waals surface area contributed by atoms with Gasteiger partial charge in [-0.3, -0.25) is 4.79 Å². The second-order valence-corrected chi connectivity index (χ2v) is 6.63. The summed E-state index contributed by atoms with van der Waals surface area (Å²) in [4.78, 5) is 20.7. The van der Waals surface area contributed by atoms with Crippen LogP contribution in [0.1, 0.15) is 29.1 Å². The molecule has 2 aromatic carbocycles. The second-order valence-electron chi connectivity index (χ2n) is 6.63. The fourth-order valence-corrected chi connectivity index (χ4v) is 3.79. The highest BCUT2D eigenvalue weighted by Gasteiger charge is 2.47. The van der Waals surface area contributed by atoms with Crippen molar-refractivity contribution in [2.24, 2.45) is 0 Å². The third kappa shape index (κ3) is 2.56. The van der Waals surface area contributed by atoms with Crippen molar-refractivity contribution < 1.29 is 9.53 Å². The molecule has 132 valence electrons. The molecule has 1 aliphatic heterocycles. The van der Waals surface area contributed by atoms with Crippen molar-refractivity contribution in [2.45, 2.75) is 25.2 Å². The van der Waals surface area contributed by atoms with Crippen molar-refractivity contribution >= 4 is 11.6 Å². The number of methoxy groups -OCH3 is 1. The Bertz CT molecular complexity index is 946. The Kier molecular flexibility index (Phi) is 3.99. The number of ether oxygens (including phenoxy) is 1. The van der Waals surface area contributed by atoms with E-state index in [0.29, 0.717) is 6.42 Å². The molecule has 1 atom stereocenters. The molecule has 1 unspecified atom stereocenters. The third-order valence-corrected chi connectivity index (χ3v) is 5.13. The highest BCUT2D eigenvalue weighted by atomic mass is 16.5. The Labute approximate surface area is 152 Å². The van der Waals surface area contributed by atoms with Crippen molar-refractivity contribution in [3.05, 3.63) is 77.4 Å². The summed E-state index contributed by atoms with van der Waals surface area (Å²) < 4.78 is 5.28. The van der Waals surface area contributed by atoms with Crippen molar-refractivity contribution in [1.82, 2.24) is 9.97 Å². The molecule has 5 heteroatoms. The van der Waals surface area contributed by atoms with Gasteiger partial charge in [0.25, 0.3) is 0 Å². The largest absolute Gasteiger partial charge is 0.497 e. The number of rotatable bonds is 5. The van der Waals surface area contributed by atoms with E-state index in [0.717, 1.165) is 40.5 Å². The lowest BCUT2D eigenvalue weighted by molar-refractivity contribution is -0.119. The van der Waals surface area contributed by atoms with Crippen molar-refractivity contribution in [3.63, 3.8) is 0 Å². The van der Waals surface area contributed by atoms with Gasteiger partial charge in [0.1, 0.15) is 17.0 Å². The number of amides is 1. The summed E-state index contributed by atoms with van der Waals surface area (Å²) >= 11 is 0. The zero-order valence-electron chi connectivity index (χ0n) is 14.9. The number of hydrogen-bond acceptors (Lipinski definition) is 3. The van der Waals surface area contributed by atoms with Crippen LogP contribution in [-0.2, 0) is 16.6 Å². The Morgan fingerprint density at radius 3 is 2.58 bits per heavy atom. The lowest BCUT2D eigenvalue weighted by Crippen LogP contribution is -2.36. The van der Waals surface area contributed by atoms with Gasteiger partial charge in [0.2, 0.25) is 5.91 Å². The molecule has 4 rings (SSSR count). The van der Waals surface area contributed by atoms with E-state index in [1.807, 2.05) is 61.7 Å². The first kappa shape index (κ1) is 16.4. The Morgan fingerprint density at radius 2 is 1.88 bits per heavy atom. The van der Waals surface area contributed by atoms with E-state index in [1.54, 1.807) is 7.11 Å². The third-order valence-electron chi connectivity index (χ3n) is 5.13. The predicted molar refractivity (Wildman–Crippen MR) is 100 cm³/mol. The number of imidazole rings is 1. The number of H-pyrrole nitrogens is 1. The van der Waals surface area contributed by atoms with E-state index in [4.69, 9.17) is 4.74 Å². The number of carbonyl (C=O) groups excluding carboxylic acids is 1. The van der Waals surface area contributed by atoms with E-state index in [2.05, 4.69) is 15.3 Å². The monoisotopic (exact) mass is 347 g/mol. The van der Waals surface area contributed by atoms with E-state index < -0.39 is 5.41 Å². The van der Waals surface area contributed by atoms with Crippen LogP contribution in [0.3, 0.4) is 0 Å². The molecule has 26 heavy (non-hydrogen) atoms. The van der Waals surface area contributed by atoms with Gasteiger partial charge in [-0.15, -0.1) is 0 Å². The standard InChI is InChI=1S/C21H21N3O2/c1-14-22-13-16(23-14)11-12-21(15-7-9-17(26-2)10-8-15)18-5-3-4-6-19(18)24-20(21)25/h3-10,13H,11-12H2,1-2H3,(H,22,23)(H,24,25). The fourth-order valence-electron chi connectivity index (χ4n) is 3.79. The quantitative estimate of drug-likeness (QED) is 0.741. The summed E-state index contributed by atoms with van der Waals surface area (Å²) in [5, 5.41) is 3.06. The van der Waals surface area contributed by atoms with Crippen molar-refractivity contribution in [3.8, 4) is 5.75 Å². The van der Waals surface area contributed by atoms with Crippen LogP contribution in [0.2, 0.25) is 0 Å². The number of aromatic amines is 1. The summed E-state index contributed by atoms with van der Waals surface area (Å²) in [6.07, 6.45) is 3.23. The molecule has 0 aliphatic carbocycles. The van der Waals surface area contributed by atoms with Crippen molar-refractivity contribution in [2.75, 3.05) is 12.4 Å². The summed E-state index contributed by atoms with van der Waals surface area (Å²) in [7, 11) is 1.64. The Morgan fingerprint density at radius 1 is 1.12 bits per heavy atom. The van der Waals surface area contributed by atoms with Gasteiger partial charge in [0.15, 0.2) is 0 Å². The number of aromatic nitrogens is 2. The molecule has 0 saturated heterocycles. The normalized spacial score (nSPS) is 18.5. The van der Waals surface area contributed by atoms with Gasteiger partial charge >= 0.3 is 0 Å².